The van der Waals surface area contributed by atoms with Crippen molar-refractivity contribution >= 4 is 34.2 Å². The molecule has 0 spiro atoms. The van der Waals surface area contributed by atoms with Gasteiger partial charge < -0.3 is 10.6 Å². The van der Waals surface area contributed by atoms with Crippen LogP contribution in [0.4, 0.5) is 0 Å². The van der Waals surface area contributed by atoms with E-state index in [1.165, 1.54) is 5.56 Å². The van der Waals surface area contributed by atoms with E-state index in [0.29, 0.717) is 25.3 Å². The molecule has 24 heavy (non-hydrogen) atoms. The summed E-state index contributed by atoms with van der Waals surface area (Å²) in [6, 6.07) is 10.1. The zero-order chi connectivity index (χ0) is 16.8. The van der Waals surface area contributed by atoms with E-state index in [4.69, 9.17) is 5.73 Å². The van der Waals surface area contributed by atoms with E-state index < -0.39 is 0 Å². The molecule has 1 aromatic carbocycles. The number of H-pyrrole nitrogens is 1. The third-order valence-electron chi connectivity index (χ3n) is 3.71. The van der Waals surface area contributed by atoms with Crippen LogP contribution in [0.1, 0.15) is 41.5 Å². The molecule has 132 valence electrons. The summed E-state index contributed by atoms with van der Waals surface area (Å²) >= 11 is 3.50. The van der Waals surface area contributed by atoms with Gasteiger partial charge in [-0.2, -0.15) is 5.10 Å². The van der Waals surface area contributed by atoms with Crippen LogP contribution in [0.5, 0.6) is 0 Å². The lowest BCUT2D eigenvalue weighted by Crippen LogP contribution is -2.37. The van der Waals surface area contributed by atoms with Crippen LogP contribution in [0, 0.1) is 0 Å². The van der Waals surface area contributed by atoms with Crippen molar-refractivity contribution in [2.24, 2.45) is 5.73 Å². The third kappa shape index (κ3) is 5.06. The fourth-order valence-electron chi connectivity index (χ4n) is 2.40. The number of carbonyl (C=O) groups excluding carboxylic acids is 1. The number of amides is 1. The second kappa shape index (κ2) is 9.81. The van der Waals surface area contributed by atoms with Crippen molar-refractivity contribution in [1.82, 2.24) is 15.1 Å². The Morgan fingerprint density at radius 3 is 2.50 bits per heavy atom. The number of nitrogens with one attached hydrogen (secondary N) is 1. The summed E-state index contributed by atoms with van der Waals surface area (Å²) in [5, 5.41) is 7.14. The molecule has 1 amide bonds. The van der Waals surface area contributed by atoms with Gasteiger partial charge in [-0.3, -0.25) is 9.89 Å². The quantitative estimate of drug-likeness (QED) is 0.728. The number of carbonyl (C=O) groups is 1. The van der Waals surface area contributed by atoms with E-state index in [-0.39, 0.29) is 24.2 Å². The van der Waals surface area contributed by atoms with Gasteiger partial charge in [0.2, 0.25) is 0 Å². The van der Waals surface area contributed by atoms with Crippen molar-refractivity contribution in [3.8, 4) is 0 Å². The Morgan fingerprint density at radius 2 is 1.96 bits per heavy atom. The van der Waals surface area contributed by atoms with Crippen molar-refractivity contribution in [3.05, 3.63) is 51.8 Å². The first-order chi connectivity index (χ1) is 11.0. The Bertz CT molecular complexity index is 645. The second-order valence-electron chi connectivity index (χ2n) is 5.77. The maximum absolute atomic E-state index is 12.8. The van der Waals surface area contributed by atoms with Gasteiger partial charge >= 0.3 is 0 Å². The summed E-state index contributed by atoms with van der Waals surface area (Å²) in [5.74, 6) is 0.173. The molecule has 1 aromatic heterocycles. The standard InChI is InChI=1S/C17H23BrN4O.ClH/c1-12(2)15-14(18)16(21-20-15)17(23)22(11-9-19)10-8-13-6-4-3-5-7-13;/h3-7,12H,8-11,19H2,1-2H3,(H,20,21);1H. The highest BCUT2D eigenvalue weighted by Crippen LogP contribution is 2.26. The van der Waals surface area contributed by atoms with E-state index in [9.17, 15) is 4.79 Å². The summed E-state index contributed by atoms with van der Waals surface area (Å²) in [6.45, 7) is 5.68. The van der Waals surface area contributed by atoms with Crippen LogP contribution in [0.2, 0.25) is 0 Å². The van der Waals surface area contributed by atoms with Crippen LogP contribution < -0.4 is 5.73 Å². The Balaban J connectivity index is 0.00000288. The minimum atomic E-state index is -0.0959. The number of benzene rings is 1. The van der Waals surface area contributed by atoms with Gasteiger partial charge in [0, 0.05) is 19.6 Å². The summed E-state index contributed by atoms with van der Waals surface area (Å²) < 4.78 is 0.749. The first-order valence-electron chi connectivity index (χ1n) is 7.81. The average Bonchev–Trinajstić information content (AvgIpc) is 2.93. The summed E-state index contributed by atoms with van der Waals surface area (Å²) in [7, 11) is 0. The van der Waals surface area contributed by atoms with Gasteiger partial charge in [-0.1, -0.05) is 44.2 Å². The average molecular weight is 416 g/mol. The van der Waals surface area contributed by atoms with Gasteiger partial charge in [0.05, 0.1) is 10.2 Å². The van der Waals surface area contributed by atoms with Gasteiger partial charge in [-0.05, 0) is 33.8 Å². The predicted octanol–water partition coefficient (Wildman–Crippen LogP) is 3.36. The van der Waals surface area contributed by atoms with Crippen LogP contribution >= 0.6 is 28.3 Å². The van der Waals surface area contributed by atoms with Gasteiger partial charge in [0.15, 0.2) is 5.69 Å². The maximum atomic E-state index is 12.8. The van der Waals surface area contributed by atoms with Crippen molar-refractivity contribution in [2.75, 3.05) is 19.6 Å². The van der Waals surface area contributed by atoms with Crippen molar-refractivity contribution < 1.29 is 4.79 Å². The van der Waals surface area contributed by atoms with E-state index in [2.05, 4.69) is 52.1 Å². The molecule has 2 aromatic rings. The molecule has 0 radical (unpaired) electrons. The molecular weight excluding hydrogens is 392 g/mol. The maximum Gasteiger partial charge on any atom is 0.275 e. The fourth-order valence-corrected chi connectivity index (χ4v) is 3.20. The van der Waals surface area contributed by atoms with E-state index in [1.54, 1.807) is 4.90 Å². The minimum Gasteiger partial charge on any atom is -0.336 e. The number of hydrogen-bond donors (Lipinski definition) is 2. The Kier molecular flexibility index (Phi) is 8.45. The fraction of sp³-hybridized carbons (Fsp3) is 0.412. The first-order valence-corrected chi connectivity index (χ1v) is 8.61. The number of aromatic nitrogens is 2. The van der Waals surface area contributed by atoms with Crippen LogP contribution in [0.3, 0.4) is 0 Å². The molecule has 0 fully saturated rings. The Morgan fingerprint density at radius 1 is 1.29 bits per heavy atom. The third-order valence-corrected chi connectivity index (χ3v) is 4.51. The summed E-state index contributed by atoms with van der Waals surface area (Å²) in [4.78, 5) is 14.5. The second-order valence-corrected chi connectivity index (χ2v) is 6.56. The molecule has 0 aliphatic rings. The van der Waals surface area contributed by atoms with Gasteiger partial charge in [0.25, 0.3) is 5.91 Å². The van der Waals surface area contributed by atoms with Crippen LogP contribution in [0.15, 0.2) is 34.8 Å². The van der Waals surface area contributed by atoms with E-state index >= 15 is 0 Å². The molecule has 0 atom stereocenters. The molecule has 0 bridgehead atoms. The van der Waals surface area contributed by atoms with Crippen LogP contribution in [-0.2, 0) is 6.42 Å². The SMILES string of the molecule is CC(C)c1[nH]nc(C(=O)N(CCN)CCc2ccccc2)c1Br.Cl. The highest BCUT2D eigenvalue weighted by atomic mass is 79.9. The molecule has 0 unspecified atom stereocenters. The number of halogens is 2. The minimum absolute atomic E-state index is 0. The topological polar surface area (TPSA) is 75.0 Å². The highest BCUT2D eigenvalue weighted by Gasteiger charge is 2.23. The van der Waals surface area contributed by atoms with E-state index in [1.807, 2.05) is 18.2 Å². The lowest BCUT2D eigenvalue weighted by atomic mass is 10.1. The largest absolute Gasteiger partial charge is 0.336 e. The lowest BCUT2D eigenvalue weighted by molar-refractivity contribution is 0.0755. The van der Waals surface area contributed by atoms with Gasteiger partial charge in [-0.15, -0.1) is 12.4 Å². The zero-order valence-electron chi connectivity index (χ0n) is 14.0. The number of nitrogens with two attached hydrogens (primary N) is 1. The molecular formula is C17H24BrClN4O. The number of hydrogen-bond acceptors (Lipinski definition) is 3. The van der Waals surface area contributed by atoms with Crippen molar-refractivity contribution in [3.63, 3.8) is 0 Å². The van der Waals surface area contributed by atoms with E-state index in [0.717, 1.165) is 16.6 Å². The molecule has 2 rings (SSSR count). The Labute approximate surface area is 157 Å². The zero-order valence-corrected chi connectivity index (χ0v) is 16.4. The molecule has 0 saturated carbocycles. The summed E-state index contributed by atoms with van der Waals surface area (Å²) in [5.41, 5.74) is 8.23. The normalized spacial score (nSPS) is 10.5. The molecule has 1 heterocycles. The van der Waals surface area contributed by atoms with Gasteiger partial charge in [-0.25, -0.2) is 0 Å². The molecule has 0 aliphatic carbocycles. The molecule has 0 saturated heterocycles. The first kappa shape index (κ1) is 20.7. The smallest absolute Gasteiger partial charge is 0.275 e. The summed E-state index contributed by atoms with van der Waals surface area (Å²) in [6.07, 6.45) is 0.797. The predicted molar refractivity (Wildman–Crippen MR) is 103 cm³/mol. The van der Waals surface area contributed by atoms with Crippen molar-refractivity contribution in [1.29, 1.82) is 0 Å². The Hall–Kier alpha value is -1.37. The highest BCUT2D eigenvalue weighted by molar-refractivity contribution is 9.10. The number of aromatic amines is 1. The molecule has 5 nitrogen and oxygen atoms in total. The van der Waals surface area contributed by atoms with Crippen molar-refractivity contribution in [2.45, 2.75) is 26.2 Å². The lowest BCUT2D eigenvalue weighted by Gasteiger charge is -2.21. The molecule has 3 N–H and O–H groups in total. The number of rotatable bonds is 7. The molecule has 0 aliphatic heterocycles. The van der Waals surface area contributed by atoms with Crippen LogP contribution in [-0.4, -0.2) is 40.6 Å². The van der Waals surface area contributed by atoms with Gasteiger partial charge in [0.1, 0.15) is 0 Å². The number of nitrogens with zero attached hydrogens (tertiary/aromatic N) is 2. The monoisotopic (exact) mass is 414 g/mol. The van der Waals surface area contributed by atoms with Crippen LogP contribution in [0.25, 0.3) is 0 Å². The molecule has 7 heteroatoms.